The molecule has 1 N–H and O–H groups in total. The Hall–Kier alpha value is -2.66. The molecule has 6 heteroatoms. The van der Waals surface area contributed by atoms with E-state index in [-0.39, 0.29) is 17.1 Å². The molecule has 0 aliphatic rings. The fourth-order valence-electron chi connectivity index (χ4n) is 2.22. The van der Waals surface area contributed by atoms with Crippen LogP contribution < -0.4 is 5.32 Å². The SMILES string of the molecule is Cc1ccc(-c2cc(CNC(=O)c3c(F)cccc3Cl)no2)cc1. The molecule has 0 fully saturated rings. The average molecular weight is 345 g/mol. The Morgan fingerprint density at radius 1 is 1.25 bits per heavy atom. The van der Waals surface area contributed by atoms with Gasteiger partial charge in [0.2, 0.25) is 0 Å². The maximum atomic E-state index is 13.7. The van der Waals surface area contributed by atoms with Gasteiger partial charge >= 0.3 is 0 Å². The second-order valence-electron chi connectivity index (χ2n) is 5.33. The molecule has 1 heterocycles. The Morgan fingerprint density at radius 3 is 2.71 bits per heavy atom. The molecule has 0 unspecified atom stereocenters. The first kappa shape index (κ1) is 16.2. The highest BCUT2D eigenvalue weighted by molar-refractivity contribution is 6.33. The number of benzene rings is 2. The molecule has 1 aromatic heterocycles. The summed E-state index contributed by atoms with van der Waals surface area (Å²) in [5.41, 5.74) is 2.39. The van der Waals surface area contributed by atoms with Crippen molar-refractivity contribution in [1.82, 2.24) is 10.5 Å². The number of hydrogen-bond donors (Lipinski definition) is 1. The van der Waals surface area contributed by atoms with Crippen molar-refractivity contribution in [2.75, 3.05) is 0 Å². The number of halogens is 2. The summed E-state index contributed by atoms with van der Waals surface area (Å²) >= 11 is 5.87. The highest BCUT2D eigenvalue weighted by atomic mass is 35.5. The van der Waals surface area contributed by atoms with Gasteiger partial charge in [0.05, 0.1) is 17.1 Å². The van der Waals surface area contributed by atoms with Crippen molar-refractivity contribution in [3.63, 3.8) is 0 Å². The summed E-state index contributed by atoms with van der Waals surface area (Å²) in [5.74, 6) is -0.665. The summed E-state index contributed by atoms with van der Waals surface area (Å²) in [6, 6.07) is 13.6. The van der Waals surface area contributed by atoms with Gasteiger partial charge in [-0.25, -0.2) is 4.39 Å². The first-order chi connectivity index (χ1) is 11.5. The predicted molar refractivity (Wildman–Crippen MR) is 89.3 cm³/mol. The largest absolute Gasteiger partial charge is 0.356 e. The maximum absolute atomic E-state index is 13.7. The van der Waals surface area contributed by atoms with Gasteiger partial charge in [-0.3, -0.25) is 4.79 Å². The van der Waals surface area contributed by atoms with Crippen LogP contribution in [0.2, 0.25) is 5.02 Å². The van der Waals surface area contributed by atoms with Crippen LogP contribution in [0.25, 0.3) is 11.3 Å². The Labute approximate surface area is 143 Å². The Kier molecular flexibility index (Phi) is 4.62. The molecule has 3 aromatic rings. The molecular formula is C18H14ClFN2O2. The molecule has 0 radical (unpaired) electrons. The molecule has 4 nitrogen and oxygen atoms in total. The van der Waals surface area contributed by atoms with Crippen LogP contribution in [0, 0.1) is 12.7 Å². The first-order valence-electron chi connectivity index (χ1n) is 7.29. The number of aryl methyl sites for hydroxylation is 1. The van der Waals surface area contributed by atoms with Crippen LogP contribution in [-0.2, 0) is 6.54 Å². The van der Waals surface area contributed by atoms with E-state index in [4.69, 9.17) is 16.1 Å². The van der Waals surface area contributed by atoms with E-state index in [0.717, 1.165) is 11.1 Å². The number of carbonyl (C=O) groups excluding carboxylic acids is 1. The summed E-state index contributed by atoms with van der Waals surface area (Å²) in [4.78, 5) is 12.1. The number of nitrogens with one attached hydrogen (secondary N) is 1. The topological polar surface area (TPSA) is 55.1 Å². The van der Waals surface area contributed by atoms with Gasteiger partial charge in [-0.1, -0.05) is 52.7 Å². The van der Waals surface area contributed by atoms with Gasteiger partial charge in [-0.2, -0.15) is 0 Å². The molecule has 0 atom stereocenters. The molecule has 24 heavy (non-hydrogen) atoms. The lowest BCUT2D eigenvalue weighted by atomic mass is 10.1. The smallest absolute Gasteiger partial charge is 0.256 e. The minimum absolute atomic E-state index is 0.0630. The molecule has 3 rings (SSSR count). The molecular weight excluding hydrogens is 331 g/mol. The van der Waals surface area contributed by atoms with Crippen LogP contribution in [0.1, 0.15) is 21.6 Å². The number of rotatable bonds is 4. The molecule has 122 valence electrons. The molecule has 0 saturated heterocycles. The normalized spacial score (nSPS) is 10.6. The van der Waals surface area contributed by atoms with Gasteiger partial charge < -0.3 is 9.84 Å². The van der Waals surface area contributed by atoms with E-state index >= 15 is 0 Å². The van der Waals surface area contributed by atoms with E-state index in [1.54, 1.807) is 6.07 Å². The van der Waals surface area contributed by atoms with Crippen LogP contribution in [0.5, 0.6) is 0 Å². The summed E-state index contributed by atoms with van der Waals surface area (Å²) in [6.07, 6.45) is 0. The van der Waals surface area contributed by atoms with Gasteiger partial charge in [0.25, 0.3) is 5.91 Å². The van der Waals surface area contributed by atoms with Crippen LogP contribution in [0.3, 0.4) is 0 Å². The Balaban J connectivity index is 1.69. The standard InChI is InChI=1S/C18H14ClFN2O2/c1-11-5-7-12(8-6-11)16-9-13(22-24-16)10-21-18(23)17-14(19)3-2-4-15(17)20/h2-9H,10H2,1H3,(H,21,23). The van der Waals surface area contributed by atoms with Gasteiger partial charge in [0.1, 0.15) is 11.5 Å². The molecule has 0 saturated carbocycles. The maximum Gasteiger partial charge on any atom is 0.256 e. The van der Waals surface area contributed by atoms with Crippen molar-refractivity contribution in [3.05, 3.63) is 76.2 Å². The monoisotopic (exact) mass is 344 g/mol. The van der Waals surface area contributed by atoms with E-state index < -0.39 is 11.7 Å². The van der Waals surface area contributed by atoms with Gasteiger partial charge in [0.15, 0.2) is 5.76 Å². The minimum Gasteiger partial charge on any atom is -0.356 e. The number of amides is 1. The highest BCUT2D eigenvalue weighted by Gasteiger charge is 2.16. The zero-order valence-electron chi connectivity index (χ0n) is 12.8. The summed E-state index contributed by atoms with van der Waals surface area (Å²) in [5, 5.41) is 6.56. The molecule has 0 aliphatic carbocycles. The predicted octanol–water partition coefficient (Wildman–Crippen LogP) is 4.37. The summed E-state index contributed by atoms with van der Waals surface area (Å²) < 4.78 is 19.0. The molecule has 1 amide bonds. The van der Waals surface area contributed by atoms with Gasteiger partial charge in [-0.15, -0.1) is 0 Å². The lowest BCUT2D eigenvalue weighted by Gasteiger charge is -2.05. The number of hydrogen-bond acceptors (Lipinski definition) is 3. The Bertz CT molecular complexity index is 855. The van der Waals surface area contributed by atoms with E-state index in [1.165, 1.54) is 18.2 Å². The number of carbonyl (C=O) groups is 1. The van der Waals surface area contributed by atoms with E-state index in [2.05, 4.69) is 10.5 Å². The van der Waals surface area contributed by atoms with Crippen molar-refractivity contribution in [3.8, 4) is 11.3 Å². The molecule has 0 spiro atoms. The molecule has 0 bridgehead atoms. The number of nitrogens with zero attached hydrogens (tertiary/aromatic N) is 1. The highest BCUT2D eigenvalue weighted by Crippen LogP contribution is 2.21. The van der Waals surface area contributed by atoms with E-state index in [1.807, 2.05) is 31.2 Å². The zero-order valence-corrected chi connectivity index (χ0v) is 13.6. The fraction of sp³-hybridized carbons (Fsp3) is 0.111. The minimum atomic E-state index is -0.666. The first-order valence-corrected chi connectivity index (χ1v) is 7.67. The third kappa shape index (κ3) is 3.46. The lowest BCUT2D eigenvalue weighted by Crippen LogP contribution is -2.24. The van der Waals surface area contributed by atoms with Gasteiger partial charge in [-0.05, 0) is 19.1 Å². The average Bonchev–Trinajstić information content (AvgIpc) is 3.02. The van der Waals surface area contributed by atoms with Gasteiger partial charge in [0, 0.05) is 11.6 Å². The lowest BCUT2D eigenvalue weighted by molar-refractivity contribution is 0.0946. The summed E-state index contributed by atoms with van der Waals surface area (Å²) in [6.45, 7) is 2.11. The van der Waals surface area contributed by atoms with E-state index in [9.17, 15) is 9.18 Å². The third-order valence-corrected chi connectivity index (χ3v) is 3.83. The van der Waals surface area contributed by atoms with Crippen LogP contribution in [-0.4, -0.2) is 11.1 Å². The number of aromatic nitrogens is 1. The second-order valence-corrected chi connectivity index (χ2v) is 5.74. The van der Waals surface area contributed by atoms with Crippen molar-refractivity contribution in [2.45, 2.75) is 13.5 Å². The molecule has 2 aromatic carbocycles. The Morgan fingerprint density at radius 2 is 2.00 bits per heavy atom. The summed E-state index contributed by atoms with van der Waals surface area (Å²) in [7, 11) is 0. The van der Waals surface area contributed by atoms with Crippen molar-refractivity contribution in [2.24, 2.45) is 0 Å². The van der Waals surface area contributed by atoms with Crippen LogP contribution in [0.15, 0.2) is 53.1 Å². The second kappa shape index (κ2) is 6.84. The van der Waals surface area contributed by atoms with Crippen LogP contribution >= 0.6 is 11.6 Å². The van der Waals surface area contributed by atoms with E-state index in [0.29, 0.717) is 11.5 Å². The van der Waals surface area contributed by atoms with Crippen molar-refractivity contribution >= 4 is 17.5 Å². The molecule has 0 aliphatic heterocycles. The fourth-order valence-corrected chi connectivity index (χ4v) is 2.47. The zero-order chi connectivity index (χ0) is 17.1. The van der Waals surface area contributed by atoms with Crippen LogP contribution in [0.4, 0.5) is 4.39 Å². The third-order valence-electron chi connectivity index (χ3n) is 3.51. The van der Waals surface area contributed by atoms with Crippen molar-refractivity contribution < 1.29 is 13.7 Å². The quantitative estimate of drug-likeness (QED) is 0.764. The van der Waals surface area contributed by atoms with Crippen molar-refractivity contribution in [1.29, 1.82) is 0 Å².